The summed E-state index contributed by atoms with van der Waals surface area (Å²) in [5.74, 6) is -0.314. The molecule has 1 aromatic carbocycles. The fourth-order valence-corrected chi connectivity index (χ4v) is 4.69. The molecule has 2 N–H and O–H groups in total. The summed E-state index contributed by atoms with van der Waals surface area (Å²) in [6.07, 6.45) is 12.5. The van der Waals surface area contributed by atoms with Crippen LogP contribution in [0.2, 0.25) is 0 Å². The van der Waals surface area contributed by atoms with Crippen molar-refractivity contribution in [3.8, 4) is 11.3 Å². The highest BCUT2D eigenvalue weighted by atomic mass is 19.1. The molecular formula is C30H42FN3. The second-order valence-electron chi connectivity index (χ2n) is 10.6. The summed E-state index contributed by atoms with van der Waals surface area (Å²) < 4.78 is 13.2. The Kier molecular flexibility index (Phi) is 9.07. The average Bonchev–Trinajstić information content (AvgIpc) is 3.31. The highest BCUT2D eigenvalue weighted by Gasteiger charge is 2.36. The van der Waals surface area contributed by atoms with E-state index in [1.54, 1.807) is 6.07 Å². The van der Waals surface area contributed by atoms with Gasteiger partial charge in [0.25, 0.3) is 0 Å². The van der Waals surface area contributed by atoms with Crippen molar-refractivity contribution in [3.63, 3.8) is 0 Å². The number of nitrogens with zero attached hydrogens (tertiary/aromatic N) is 1. The first-order chi connectivity index (χ1) is 16.3. The maximum atomic E-state index is 13.2. The minimum atomic E-state index is -0.314. The number of pyridine rings is 1. The minimum Gasteiger partial charge on any atom is -0.364 e. The fourth-order valence-electron chi connectivity index (χ4n) is 4.69. The van der Waals surface area contributed by atoms with Crippen molar-refractivity contribution in [1.82, 2.24) is 15.6 Å². The van der Waals surface area contributed by atoms with Gasteiger partial charge in [0.15, 0.2) is 0 Å². The van der Waals surface area contributed by atoms with E-state index in [9.17, 15) is 4.39 Å². The van der Waals surface area contributed by atoms with E-state index in [-0.39, 0.29) is 11.4 Å². The standard InChI is InChI=1S/C30H42FN3/c1-6-8-10-25(19-29(4,5)7-2)21-32-23(3)30(17-9-18-34-30)20-24-11-13-26(14-12-24)28-16-15-27(31)22-33-28/h11-16,21-22,32,34H,3,6-10,17-20H2,1-2,4-5H3/b25-21+. The van der Waals surface area contributed by atoms with Crippen molar-refractivity contribution in [2.75, 3.05) is 6.54 Å². The summed E-state index contributed by atoms with van der Waals surface area (Å²) >= 11 is 0. The molecule has 3 rings (SSSR count). The zero-order chi connectivity index (χ0) is 24.6. The van der Waals surface area contributed by atoms with Gasteiger partial charge in [-0.25, -0.2) is 4.39 Å². The Balaban J connectivity index is 1.72. The van der Waals surface area contributed by atoms with E-state index >= 15 is 0 Å². The lowest BCUT2D eigenvalue weighted by atomic mass is 9.82. The van der Waals surface area contributed by atoms with Crippen LogP contribution in [0.3, 0.4) is 0 Å². The molecule has 2 aromatic rings. The normalized spacial score (nSPS) is 18.8. The van der Waals surface area contributed by atoms with Gasteiger partial charge in [0, 0.05) is 11.3 Å². The zero-order valence-corrected chi connectivity index (χ0v) is 21.5. The summed E-state index contributed by atoms with van der Waals surface area (Å²) in [6, 6.07) is 11.6. The number of aromatic nitrogens is 1. The van der Waals surface area contributed by atoms with Gasteiger partial charge in [-0.05, 0) is 74.4 Å². The molecule has 0 amide bonds. The smallest absolute Gasteiger partial charge is 0.141 e. The number of allylic oxidation sites excluding steroid dienone is 1. The van der Waals surface area contributed by atoms with Crippen LogP contribution in [0.4, 0.5) is 4.39 Å². The van der Waals surface area contributed by atoms with Crippen LogP contribution in [-0.4, -0.2) is 17.1 Å². The first kappa shape index (κ1) is 26.2. The molecule has 0 radical (unpaired) electrons. The van der Waals surface area contributed by atoms with Crippen LogP contribution in [-0.2, 0) is 6.42 Å². The van der Waals surface area contributed by atoms with Gasteiger partial charge in [-0.15, -0.1) is 0 Å². The summed E-state index contributed by atoms with van der Waals surface area (Å²) in [6.45, 7) is 14.7. The van der Waals surface area contributed by atoms with Crippen molar-refractivity contribution in [3.05, 3.63) is 78.0 Å². The second kappa shape index (κ2) is 11.8. The van der Waals surface area contributed by atoms with E-state index in [1.165, 1.54) is 42.7 Å². The first-order valence-corrected chi connectivity index (χ1v) is 12.9. The fraction of sp³-hybridized carbons (Fsp3) is 0.500. The summed E-state index contributed by atoms with van der Waals surface area (Å²) in [5.41, 5.74) is 5.74. The van der Waals surface area contributed by atoms with Crippen LogP contribution in [0.15, 0.2) is 66.6 Å². The Morgan fingerprint density at radius 1 is 1.21 bits per heavy atom. The number of nitrogens with one attached hydrogen (secondary N) is 2. The highest BCUT2D eigenvalue weighted by Crippen LogP contribution is 2.33. The summed E-state index contributed by atoms with van der Waals surface area (Å²) in [7, 11) is 0. The molecule has 0 aliphatic carbocycles. The van der Waals surface area contributed by atoms with E-state index in [0.717, 1.165) is 55.6 Å². The minimum absolute atomic E-state index is 0.151. The molecular weight excluding hydrogens is 421 g/mol. The monoisotopic (exact) mass is 463 g/mol. The van der Waals surface area contributed by atoms with Crippen molar-refractivity contribution in [1.29, 1.82) is 0 Å². The Labute approximate surface area is 206 Å². The third kappa shape index (κ3) is 7.02. The second-order valence-corrected chi connectivity index (χ2v) is 10.6. The Hall–Kier alpha value is -2.46. The van der Waals surface area contributed by atoms with Crippen molar-refractivity contribution < 1.29 is 4.39 Å². The van der Waals surface area contributed by atoms with E-state index in [2.05, 4.69) is 80.4 Å². The molecule has 4 heteroatoms. The Morgan fingerprint density at radius 3 is 2.56 bits per heavy atom. The van der Waals surface area contributed by atoms with Gasteiger partial charge in [-0.3, -0.25) is 4.98 Å². The number of halogens is 1. The predicted molar refractivity (Wildman–Crippen MR) is 142 cm³/mol. The van der Waals surface area contributed by atoms with Gasteiger partial charge < -0.3 is 10.6 Å². The average molecular weight is 464 g/mol. The number of rotatable bonds is 12. The third-order valence-corrected chi connectivity index (χ3v) is 7.27. The van der Waals surface area contributed by atoms with E-state index < -0.39 is 0 Å². The maximum Gasteiger partial charge on any atom is 0.141 e. The van der Waals surface area contributed by atoms with Crippen LogP contribution in [0.1, 0.15) is 78.2 Å². The Bertz CT molecular complexity index is 952. The molecule has 184 valence electrons. The molecule has 1 fully saturated rings. The molecule has 1 aliphatic heterocycles. The quantitative estimate of drug-likeness (QED) is 0.341. The topological polar surface area (TPSA) is 37.0 Å². The van der Waals surface area contributed by atoms with E-state index in [1.807, 2.05) is 0 Å². The number of hydrogen-bond donors (Lipinski definition) is 2. The van der Waals surface area contributed by atoms with Crippen LogP contribution in [0.5, 0.6) is 0 Å². The van der Waals surface area contributed by atoms with Gasteiger partial charge in [-0.1, -0.05) is 77.0 Å². The van der Waals surface area contributed by atoms with Gasteiger partial charge in [0.2, 0.25) is 0 Å². The molecule has 3 nitrogen and oxygen atoms in total. The first-order valence-electron chi connectivity index (χ1n) is 12.9. The summed E-state index contributed by atoms with van der Waals surface area (Å²) in [5, 5.41) is 7.37. The van der Waals surface area contributed by atoms with Crippen molar-refractivity contribution >= 4 is 0 Å². The van der Waals surface area contributed by atoms with Gasteiger partial charge in [0.1, 0.15) is 5.82 Å². The molecule has 1 unspecified atom stereocenters. The molecule has 34 heavy (non-hydrogen) atoms. The van der Waals surface area contributed by atoms with Crippen LogP contribution in [0.25, 0.3) is 11.3 Å². The lowest BCUT2D eigenvalue weighted by Gasteiger charge is -2.33. The molecule has 2 heterocycles. The molecule has 0 spiro atoms. The summed E-state index contributed by atoms with van der Waals surface area (Å²) in [4.78, 5) is 4.20. The van der Waals surface area contributed by atoms with Crippen molar-refractivity contribution in [2.24, 2.45) is 5.41 Å². The molecule has 1 aromatic heterocycles. The lowest BCUT2D eigenvalue weighted by Crippen LogP contribution is -2.47. The third-order valence-electron chi connectivity index (χ3n) is 7.27. The number of hydrogen-bond acceptors (Lipinski definition) is 3. The van der Waals surface area contributed by atoms with Crippen LogP contribution >= 0.6 is 0 Å². The zero-order valence-electron chi connectivity index (χ0n) is 21.5. The van der Waals surface area contributed by atoms with E-state index in [4.69, 9.17) is 0 Å². The molecule has 0 bridgehead atoms. The highest BCUT2D eigenvalue weighted by molar-refractivity contribution is 5.59. The SMILES string of the molecule is C=C(N/C=C(\CCCC)CC(C)(C)CC)C1(Cc2ccc(-c3ccc(F)cn3)cc2)CCCN1. The van der Waals surface area contributed by atoms with E-state index in [0.29, 0.717) is 5.41 Å². The molecule has 1 aliphatic rings. The van der Waals surface area contributed by atoms with Gasteiger partial charge in [0.05, 0.1) is 17.4 Å². The van der Waals surface area contributed by atoms with Gasteiger partial charge >= 0.3 is 0 Å². The molecule has 0 saturated carbocycles. The van der Waals surface area contributed by atoms with Crippen LogP contribution < -0.4 is 10.6 Å². The molecule has 1 saturated heterocycles. The molecule has 1 atom stereocenters. The number of benzene rings is 1. The number of unbranched alkanes of at least 4 members (excludes halogenated alkanes) is 1. The predicted octanol–water partition coefficient (Wildman–Crippen LogP) is 7.56. The lowest BCUT2D eigenvalue weighted by molar-refractivity contribution is 0.342. The van der Waals surface area contributed by atoms with Crippen LogP contribution in [0, 0.1) is 11.2 Å². The Morgan fingerprint density at radius 2 is 1.97 bits per heavy atom. The largest absolute Gasteiger partial charge is 0.364 e. The van der Waals surface area contributed by atoms with Gasteiger partial charge in [-0.2, -0.15) is 0 Å². The maximum absolute atomic E-state index is 13.2. The van der Waals surface area contributed by atoms with Crippen molar-refractivity contribution in [2.45, 2.75) is 84.6 Å².